The summed E-state index contributed by atoms with van der Waals surface area (Å²) in [5, 5.41) is 12.2. The fourth-order valence-electron chi connectivity index (χ4n) is 6.44. The van der Waals surface area contributed by atoms with Crippen molar-refractivity contribution in [2.24, 2.45) is 5.92 Å². The summed E-state index contributed by atoms with van der Waals surface area (Å²) < 4.78 is 5.36. The van der Waals surface area contributed by atoms with Crippen LogP contribution in [0, 0.1) is 5.92 Å². The third-order valence-electron chi connectivity index (χ3n) is 9.57. The molecule has 14 heteroatoms. The summed E-state index contributed by atoms with van der Waals surface area (Å²) in [4.78, 5) is 80.7. The minimum Gasteiger partial charge on any atom is -0.481 e. The molecular formula is C37H53N7O7. The van der Waals surface area contributed by atoms with Crippen molar-refractivity contribution in [2.45, 2.75) is 78.2 Å². The van der Waals surface area contributed by atoms with Crippen molar-refractivity contribution in [1.29, 1.82) is 0 Å². The number of benzene rings is 1. The number of anilines is 1. The molecule has 2 fully saturated rings. The molecule has 0 bridgehead atoms. The van der Waals surface area contributed by atoms with Crippen LogP contribution in [0.25, 0.3) is 11.4 Å². The third-order valence-corrected chi connectivity index (χ3v) is 9.57. The number of unbranched alkanes of at least 4 members (excludes halogenated alkanes) is 2. The number of amides is 4. The lowest BCUT2D eigenvalue weighted by Gasteiger charge is -2.36. The molecule has 51 heavy (non-hydrogen) atoms. The molecule has 4 rings (SSSR count). The number of hydrogen-bond acceptors (Lipinski definition) is 9. The van der Waals surface area contributed by atoms with Crippen LogP contribution in [0.3, 0.4) is 0 Å². The highest BCUT2D eigenvalue weighted by atomic mass is 16.6. The van der Waals surface area contributed by atoms with Gasteiger partial charge >= 0.3 is 12.1 Å². The number of aliphatic carboxylic acids is 1. The van der Waals surface area contributed by atoms with E-state index in [9.17, 15) is 29.1 Å². The fourth-order valence-corrected chi connectivity index (χ4v) is 6.44. The van der Waals surface area contributed by atoms with Gasteiger partial charge in [0.25, 0.3) is 5.91 Å². The fraction of sp³-hybridized carbons (Fsp3) is 0.595. The molecule has 1 aromatic heterocycles. The van der Waals surface area contributed by atoms with Gasteiger partial charge in [-0.15, -0.1) is 0 Å². The lowest BCUT2D eigenvalue weighted by Crippen LogP contribution is -2.56. The number of carboxylic acid groups (broad SMARTS) is 1. The molecule has 2 N–H and O–H groups in total. The van der Waals surface area contributed by atoms with Crippen LogP contribution in [0.1, 0.15) is 82.6 Å². The molecule has 0 unspecified atom stereocenters. The number of hydrogen-bond donors (Lipinski definition) is 2. The van der Waals surface area contributed by atoms with Crippen LogP contribution in [0.2, 0.25) is 0 Å². The molecule has 0 spiro atoms. The van der Waals surface area contributed by atoms with Crippen LogP contribution in [0.4, 0.5) is 10.6 Å². The molecule has 4 amide bonds. The number of ether oxygens (including phenoxy) is 1. The summed E-state index contributed by atoms with van der Waals surface area (Å²) in [5.74, 6) is -0.785. The van der Waals surface area contributed by atoms with Crippen molar-refractivity contribution in [3.63, 3.8) is 0 Å². The SMILES string of the molecule is CCCCCOC(=O)N1CCN(C(=O)[C@H](CCC(=O)O)NC(=O)c2cc(N3CCC(CC(=O)N(CC)CC)CC3)nc(-c3ccccc3)n2)CC1. The number of aromatic nitrogens is 2. The quantitative estimate of drug-likeness (QED) is 0.243. The first-order chi connectivity index (χ1) is 24.6. The zero-order valence-corrected chi connectivity index (χ0v) is 30.2. The number of carbonyl (C=O) groups excluding carboxylic acids is 4. The summed E-state index contributed by atoms with van der Waals surface area (Å²) >= 11 is 0. The van der Waals surface area contributed by atoms with Crippen molar-refractivity contribution in [3.8, 4) is 11.4 Å². The van der Waals surface area contributed by atoms with Gasteiger partial charge in [0, 0.05) is 76.8 Å². The molecule has 0 aliphatic carbocycles. The molecule has 14 nitrogen and oxygen atoms in total. The van der Waals surface area contributed by atoms with Crippen molar-refractivity contribution in [2.75, 3.05) is 63.9 Å². The van der Waals surface area contributed by atoms with Gasteiger partial charge in [0.2, 0.25) is 11.8 Å². The van der Waals surface area contributed by atoms with E-state index in [-0.39, 0.29) is 56.5 Å². The average Bonchev–Trinajstić information content (AvgIpc) is 3.15. The van der Waals surface area contributed by atoms with Gasteiger partial charge in [-0.05, 0) is 45.4 Å². The number of nitrogens with zero attached hydrogens (tertiary/aromatic N) is 6. The van der Waals surface area contributed by atoms with E-state index < -0.39 is 29.9 Å². The zero-order chi connectivity index (χ0) is 36.8. The standard InChI is InChI=1S/C37H53N7O7/c1-4-7-11-24-51-37(50)44-22-20-43(21-23-44)36(49)29(14-15-33(46)47)39-35(48)30-26-31(40-34(38-30)28-12-9-8-10-13-28)42-18-16-27(17-19-42)25-32(45)41(5-2)6-3/h8-10,12-13,26-27,29H,4-7,11,14-25H2,1-3H3,(H,39,48)(H,46,47)/t29-/m0/s1. The highest BCUT2D eigenvalue weighted by molar-refractivity contribution is 5.97. The van der Waals surface area contributed by atoms with Crippen molar-refractivity contribution in [3.05, 3.63) is 42.1 Å². The van der Waals surface area contributed by atoms with E-state index in [0.29, 0.717) is 56.4 Å². The number of carboxylic acids is 1. The second-order valence-corrected chi connectivity index (χ2v) is 13.1. The molecule has 2 aliphatic rings. The summed E-state index contributed by atoms with van der Waals surface area (Å²) in [7, 11) is 0. The topological polar surface area (TPSA) is 166 Å². The Hall–Kier alpha value is -4.75. The van der Waals surface area contributed by atoms with E-state index >= 15 is 0 Å². The molecule has 1 atom stereocenters. The van der Waals surface area contributed by atoms with Crippen LogP contribution < -0.4 is 10.2 Å². The Labute approximate surface area is 300 Å². The van der Waals surface area contributed by atoms with E-state index in [0.717, 1.165) is 32.1 Å². The van der Waals surface area contributed by atoms with Crippen molar-refractivity contribution in [1.82, 2.24) is 30.0 Å². The van der Waals surface area contributed by atoms with Crippen LogP contribution in [0.15, 0.2) is 36.4 Å². The first kappa shape index (κ1) is 39.0. The van der Waals surface area contributed by atoms with Gasteiger partial charge in [-0.1, -0.05) is 50.1 Å². The van der Waals surface area contributed by atoms with Gasteiger partial charge in [0.15, 0.2) is 5.82 Å². The van der Waals surface area contributed by atoms with Gasteiger partial charge in [0.1, 0.15) is 17.6 Å². The smallest absolute Gasteiger partial charge is 0.409 e. The Morgan fingerprint density at radius 3 is 2.22 bits per heavy atom. The Morgan fingerprint density at radius 1 is 0.922 bits per heavy atom. The van der Waals surface area contributed by atoms with Gasteiger partial charge in [-0.25, -0.2) is 14.8 Å². The Bertz CT molecular complexity index is 1470. The molecule has 2 aliphatic heterocycles. The molecule has 2 saturated heterocycles. The number of piperidine rings is 1. The lowest BCUT2D eigenvalue weighted by atomic mass is 9.93. The van der Waals surface area contributed by atoms with E-state index in [4.69, 9.17) is 9.72 Å². The molecule has 3 heterocycles. The molecule has 278 valence electrons. The molecular weight excluding hydrogens is 654 g/mol. The number of piperazine rings is 1. The average molecular weight is 708 g/mol. The Balaban J connectivity index is 1.47. The molecule has 0 saturated carbocycles. The van der Waals surface area contributed by atoms with E-state index in [1.807, 2.05) is 49.1 Å². The minimum atomic E-state index is -1.11. The maximum atomic E-state index is 13.8. The highest BCUT2D eigenvalue weighted by Crippen LogP contribution is 2.27. The van der Waals surface area contributed by atoms with E-state index in [1.54, 1.807) is 15.9 Å². The minimum absolute atomic E-state index is 0.0569. The zero-order valence-electron chi connectivity index (χ0n) is 30.2. The largest absolute Gasteiger partial charge is 0.481 e. The van der Waals surface area contributed by atoms with E-state index in [2.05, 4.69) is 22.1 Å². The van der Waals surface area contributed by atoms with Crippen molar-refractivity contribution >= 4 is 35.6 Å². The maximum absolute atomic E-state index is 13.8. The molecule has 1 aromatic carbocycles. The monoisotopic (exact) mass is 707 g/mol. The Kier molecular flexibility index (Phi) is 15.0. The molecule has 0 radical (unpaired) electrons. The summed E-state index contributed by atoms with van der Waals surface area (Å²) in [6.07, 6.45) is 4.05. The predicted octanol–water partition coefficient (Wildman–Crippen LogP) is 4.05. The number of rotatable bonds is 16. The summed E-state index contributed by atoms with van der Waals surface area (Å²) in [6, 6.07) is 9.79. The maximum Gasteiger partial charge on any atom is 0.409 e. The van der Waals surface area contributed by atoms with Crippen LogP contribution in [-0.2, 0) is 19.1 Å². The first-order valence-corrected chi connectivity index (χ1v) is 18.3. The van der Waals surface area contributed by atoms with Gasteiger partial charge < -0.3 is 34.8 Å². The number of carbonyl (C=O) groups is 5. The lowest BCUT2D eigenvalue weighted by molar-refractivity contribution is -0.138. The second kappa shape index (κ2) is 19.6. The second-order valence-electron chi connectivity index (χ2n) is 13.1. The summed E-state index contributed by atoms with van der Waals surface area (Å²) in [6.45, 7) is 10.1. The highest BCUT2D eigenvalue weighted by Gasteiger charge is 2.32. The molecule has 2 aromatic rings. The predicted molar refractivity (Wildman–Crippen MR) is 192 cm³/mol. The van der Waals surface area contributed by atoms with E-state index in [1.165, 1.54) is 0 Å². The van der Waals surface area contributed by atoms with Gasteiger partial charge in [-0.3, -0.25) is 19.2 Å². The first-order valence-electron chi connectivity index (χ1n) is 18.3. The summed E-state index contributed by atoms with van der Waals surface area (Å²) in [5.41, 5.74) is 0.773. The number of nitrogens with one attached hydrogen (secondary N) is 1. The van der Waals surface area contributed by atoms with Gasteiger partial charge in [-0.2, -0.15) is 0 Å². The van der Waals surface area contributed by atoms with Crippen molar-refractivity contribution < 1.29 is 33.8 Å². The Morgan fingerprint density at radius 2 is 1.59 bits per heavy atom. The van der Waals surface area contributed by atoms with Crippen LogP contribution in [0.5, 0.6) is 0 Å². The normalized spacial score (nSPS) is 15.6. The van der Waals surface area contributed by atoms with Gasteiger partial charge in [0.05, 0.1) is 6.61 Å². The van der Waals surface area contributed by atoms with Crippen LogP contribution >= 0.6 is 0 Å². The third kappa shape index (κ3) is 11.4. The van der Waals surface area contributed by atoms with Crippen LogP contribution in [-0.4, -0.2) is 125 Å².